The average Bonchev–Trinajstić information content (AvgIpc) is 2.46. The molecule has 2 aromatic rings. The van der Waals surface area contributed by atoms with Crippen LogP contribution >= 0.6 is 0 Å². The van der Waals surface area contributed by atoms with Crippen LogP contribution in [0, 0.1) is 0 Å². The van der Waals surface area contributed by atoms with Crippen LogP contribution in [-0.4, -0.2) is 18.1 Å². The molecule has 0 spiro atoms. The van der Waals surface area contributed by atoms with Crippen molar-refractivity contribution in [2.45, 2.75) is 26.4 Å². The van der Waals surface area contributed by atoms with Gasteiger partial charge in [0.1, 0.15) is 5.82 Å². The molecule has 0 atom stereocenters. The third-order valence-corrected chi connectivity index (χ3v) is 3.18. The van der Waals surface area contributed by atoms with Gasteiger partial charge in [0.2, 0.25) is 5.88 Å². The van der Waals surface area contributed by atoms with Crippen molar-refractivity contribution in [3.05, 3.63) is 48.0 Å². The lowest BCUT2D eigenvalue weighted by Crippen LogP contribution is -2.31. The van der Waals surface area contributed by atoms with Gasteiger partial charge in [-0.3, -0.25) is 0 Å². The number of benzene rings is 1. The maximum absolute atomic E-state index is 5.82. The van der Waals surface area contributed by atoms with E-state index < -0.39 is 0 Å². The molecular formula is C16H21N3O. The molecule has 1 aromatic heterocycles. The maximum atomic E-state index is 5.82. The van der Waals surface area contributed by atoms with Crippen LogP contribution in [0.25, 0.3) is 0 Å². The molecule has 0 unspecified atom stereocenters. The first kappa shape index (κ1) is 14.2. The van der Waals surface area contributed by atoms with Gasteiger partial charge in [-0.1, -0.05) is 30.3 Å². The molecule has 0 fully saturated rings. The topological polar surface area (TPSA) is 51.4 Å². The molecule has 0 radical (unpaired) electrons. The van der Waals surface area contributed by atoms with E-state index in [-0.39, 0.29) is 0 Å². The first-order valence-electron chi connectivity index (χ1n) is 6.73. The number of aromatic nitrogens is 1. The molecule has 2 N–H and O–H groups in total. The number of nitrogens with two attached hydrogens (primary N) is 1. The second-order valence-corrected chi connectivity index (χ2v) is 4.98. The standard InChI is InChI=1S/C16H21N3O/c1-12(2)19(11-13-7-5-4-6-8-13)15-10-9-14(17)16(18-15)20-3/h4-10,12H,11,17H2,1-3H3. The van der Waals surface area contributed by atoms with Gasteiger partial charge in [0.25, 0.3) is 0 Å². The average molecular weight is 271 g/mol. The fraction of sp³-hybridized carbons (Fsp3) is 0.312. The van der Waals surface area contributed by atoms with E-state index in [1.54, 1.807) is 7.11 Å². The first-order valence-corrected chi connectivity index (χ1v) is 6.73. The molecule has 4 nitrogen and oxygen atoms in total. The van der Waals surface area contributed by atoms with Gasteiger partial charge in [0.05, 0.1) is 12.8 Å². The number of nitrogen functional groups attached to an aromatic ring is 1. The van der Waals surface area contributed by atoms with Crippen LogP contribution < -0.4 is 15.4 Å². The molecule has 4 heteroatoms. The summed E-state index contributed by atoms with van der Waals surface area (Å²) in [4.78, 5) is 6.71. The Kier molecular flexibility index (Phi) is 4.45. The van der Waals surface area contributed by atoms with Crippen LogP contribution in [0.2, 0.25) is 0 Å². The molecular weight excluding hydrogens is 250 g/mol. The monoisotopic (exact) mass is 271 g/mol. The van der Waals surface area contributed by atoms with E-state index in [1.165, 1.54) is 5.56 Å². The molecule has 20 heavy (non-hydrogen) atoms. The van der Waals surface area contributed by atoms with Crippen molar-refractivity contribution >= 4 is 11.5 Å². The van der Waals surface area contributed by atoms with Crippen molar-refractivity contribution in [2.24, 2.45) is 0 Å². The molecule has 106 valence electrons. The molecule has 0 amide bonds. The Morgan fingerprint density at radius 3 is 2.45 bits per heavy atom. The molecule has 0 aliphatic rings. The summed E-state index contributed by atoms with van der Waals surface area (Å²) in [6, 6.07) is 14.4. The van der Waals surface area contributed by atoms with Crippen LogP contribution in [0.1, 0.15) is 19.4 Å². The molecule has 0 bridgehead atoms. The molecule has 0 saturated carbocycles. The molecule has 1 heterocycles. The van der Waals surface area contributed by atoms with E-state index in [4.69, 9.17) is 10.5 Å². The Hall–Kier alpha value is -2.23. The predicted molar refractivity (Wildman–Crippen MR) is 83.0 cm³/mol. The fourth-order valence-electron chi connectivity index (χ4n) is 2.07. The lowest BCUT2D eigenvalue weighted by molar-refractivity contribution is 0.400. The second-order valence-electron chi connectivity index (χ2n) is 4.98. The fourth-order valence-corrected chi connectivity index (χ4v) is 2.07. The van der Waals surface area contributed by atoms with Crippen molar-refractivity contribution in [1.82, 2.24) is 4.98 Å². The summed E-state index contributed by atoms with van der Waals surface area (Å²) in [5, 5.41) is 0. The smallest absolute Gasteiger partial charge is 0.238 e. The lowest BCUT2D eigenvalue weighted by Gasteiger charge is -2.28. The number of ether oxygens (including phenoxy) is 1. The summed E-state index contributed by atoms with van der Waals surface area (Å²) >= 11 is 0. The zero-order chi connectivity index (χ0) is 14.5. The lowest BCUT2D eigenvalue weighted by atomic mass is 10.2. The van der Waals surface area contributed by atoms with Gasteiger partial charge in [-0.15, -0.1) is 0 Å². The Bertz CT molecular complexity index is 555. The highest BCUT2D eigenvalue weighted by atomic mass is 16.5. The summed E-state index contributed by atoms with van der Waals surface area (Å²) in [7, 11) is 1.58. The van der Waals surface area contributed by atoms with Crippen LogP contribution in [0.4, 0.5) is 11.5 Å². The molecule has 1 aromatic carbocycles. The van der Waals surface area contributed by atoms with Gasteiger partial charge in [0.15, 0.2) is 0 Å². The van der Waals surface area contributed by atoms with Crippen LogP contribution in [-0.2, 0) is 6.54 Å². The normalized spacial score (nSPS) is 10.6. The minimum atomic E-state index is 0.330. The largest absolute Gasteiger partial charge is 0.479 e. The van der Waals surface area contributed by atoms with E-state index in [2.05, 4.69) is 35.9 Å². The van der Waals surface area contributed by atoms with Crippen LogP contribution in [0.3, 0.4) is 0 Å². The number of nitrogens with zero attached hydrogens (tertiary/aromatic N) is 2. The highest BCUT2D eigenvalue weighted by Crippen LogP contribution is 2.25. The number of pyridine rings is 1. The summed E-state index contributed by atoms with van der Waals surface area (Å²) in [5.41, 5.74) is 7.63. The first-order chi connectivity index (χ1) is 9.61. The van der Waals surface area contributed by atoms with E-state index in [1.807, 2.05) is 30.3 Å². The molecule has 0 saturated heterocycles. The number of methoxy groups -OCH3 is 1. The molecule has 2 rings (SSSR count). The third kappa shape index (κ3) is 3.20. The van der Waals surface area contributed by atoms with Crippen molar-refractivity contribution in [2.75, 3.05) is 17.7 Å². The third-order valence-electron chi connectivity index (χ3n) is 3.18. The summed E-state index contributed by atoms with van der Waals surface area (Å²) in [6.07, 6.45) is 0. The van der Waals surface area contributed by atoms with E-state index in [9.17, 15) is 0 Å². The van der Waals surface area contributed by atoms with E-state index >= 15 is 0 Å². The van der Waals surface area contributed by atoms with Crippen molar-refractivity contribution in [3.63, 3.8) is 0 Å². The van der Waals surface area contributed by atoms with Crippen molar-refractivity contribution in [1.29, 1.82) is 0 Å². The summed E-state index contributed by atoms with van der Waals surface area (Å²) in [6.45, 7) is 5.10. The number of hydrogen-bond acceptors (Lipinski definition) is 4. The molecule has 0 aliphatic carbocycles. The highest BCUT2D eigenvalue weighted by molar-refractivity contribution is 5.55. The van der Waals surface area contributed by atoms with Gasteiger partial charge in [-0.05, 0) is 31.5 Å². The second kappa shape index (κ2) is 6.28. The zero-order valence-corrected chi connectivity index (χ0v) is 12.2. The Balaban J connectivity index is 2.29. The highest BCUT2D eigenvalue weighted by Gasteiger charge is 2.14. The minimum absolute atomic E-state index is 0.330. The van der Waals surface area contributed by atoms with Gasteiger partial charge in [-0.2, -0.15) is 4.98 Å². The quantitative estimate of drug-likeness (QED) is 0.908. The maximum Gasteiger partial charge on any atom is 0.238 e. The number of hydrogen-bond donors (Lipinski definition) is 1. The Morgan fingerprint density at radius 2 is 1.85 bits per heavy atom. The van der Waals surface area contributed by atoms with Crippen LogP contribution in [0.15, 0.2) is 42.5 Å². The van der Waals surface area contributed by atoms with Gasteiger partial charge in [0, 0.05) is 12.6 Å². The van der Waals surface area contributed by atoms with Crippen LogP contribution in [0.5, 0.6) is 5.88 Å². The number of anilines is 2. The van der Waals surface area contributed by atoms with E-state index in [0.717, 1.165) is 12.4 Å². The van der Waals surface area contributed by atoms with Gasteiger partial charge >= 0.3 is 0 Å². The zero-order valence-electron chi connectivity index (χ0n) is 12.2. The van der Waals surface area contributed by atoms with Gasteiger partial charge in [-0.25, -0.2) is 0 Å². The SMILES string of the molecule is COc1nc(N(Cc2ccccc2)C(C)C)ccc1N. The predicted octanol–water partition coefficient (Wildman–Crippen LogP) is 3.09. The van der Waals surface area contributed by atoms with Gasteiger partial charge < -0.3 is 15.4 Å². The number of rotatable bonds is 5. The minimum Gasteiger partial charge on any atom is -0.479 e. The Labute approximate surface area is 120 Å². The molecule has 0 aliphatic heterocycles. The Morgan fingerprint density at radius 1 is 1.15 bits per heavy atom. The van der Waals surface area contributed by atoms with Crippen molar-refractivity contribution < 1.29 is 4.74 Å². The van der Waals surface area contributed by atoms with Crippen molar-refractivity contribution in [3.8, 4) is 5.88 Å². The summed E-state index contributed by atoms with van der Waals surface area (Å²) < 4.78 is 5.20. The van der Waals surface area contributed by atoms with E-state index in [0.29, 0.717) is 17.6 Å². The summed E-state index contributed by atoms with van der Waals surface area (Å²) in [5.74, 6) is 1.34.